The van der Waals surface area contributed by atoms with Crippen LogP contribution in [0.4, 0.5) is 5.13 Å². The third kappa shape index (κ3) is 2.38. The van der Waals surface area contributed by atoms with Gasteiger partial charge in [0.1, 0.15) is 12.2 Å². The Morgan fingerprint density at radius 1 is 1.47 bits per heavy atom. The summed E-state index contributed by atoms with van der Waals surface area (Å²) in [6.07, 6.45) is 1.40. The van der Waals surface area contributed by atoms with Crippen molar-refractivity contribution >= 4 is 32.6 Å². The van der Waals surface area contributed by atoms with Crippen molar-refractivity contribution in [3.8, 4) is 0 Å². The normalized spacial score (nSPS) is 10.7. The van der Waals surface area contributed by atoms with Crippen LogP contribution in [0.25, 0.3) is 10.2 Å². The second-order valence-electron chi connectivity index (χ2n) is 3.85. The minimum Gasteiger partial charge on any atom is -0.375 e. The summed E-state index contributed by atoms with van der Waals surface area (Å²) in [7, 11) is 0. The first-order valence-electron chi connectivity index (χ1n) is 5.51. The fourth-order valence-electron chi connectivity index (χ4n) is 1.67. The van der Waals surface area contributed by atoms with Crippen LogP contribution in [0, 0.1) is 0 Å². The Hall–Kier alpha value is -2.48. The Labute approximate surface area is 111 Å². The third-order valence-electron chi connectivity index (χ3n) is 2.55. The molecule has 0 bridgehead atoms. The van der Waals surface area contributed by atoms with Gasteiger partial charge in [0.05, 0.1) is 16.8 Å². The average molecular weight is 274 g/mol. The number of nitrogens with two attached hydrogens (primary N) is 1. The quantitative estimate of drug-likeness (QED) is 0.658. The summed E-state index contributed by atoms with van der Waals surface area (Å²) in [4.78, 5) is 20.0. The van der Waals surface area contributed by atoms with Gasteiger partial charge in [-0.1, -0.05) is 11.3 Å². The highest BCUT2D eigenvalue weighted by molar-refractivity contribution is 7.22. The van der Waals surface area contributed by atoms with Crippen molar-refractivity contribution in [2.24, 2.45) is 0 Å². The molecule has 0 spiro atoms. The maximum atomic E-state index is 12.0. The molecule has 0 aliphatic heterocycles. The molecule has 2 aromatic heterocycles. The van der Waals surface area contributed by atoms with Gasteiger partial charge in [0, 0.05) is 5.56 Å². The number of H-pyrrole nitrogens is 1. The maximum Gasteiger partial charge on any atom is 0.251 e. The lowest BCUT2D eigenvalue weighted by atomic mass is 10.2. The van der Waals surface area contributed by atoms with Crippen LogP contribution in [0.15, 0.2) is 24.5 Å². The van der Waals surface area contributed by atoms with E-state index in [1.54, 1.807) is 18.2 Å². The number of carbonyl (C=O) groups is 1. The van der Waals surface area contributed by atoms with Gasteiger partial charge in [0.15, 0.2) is 5.13 Å². The molecule has 0 radical (unpaired) electrons. The highest BCUT2D eigenvalue weighted by Crippen LogP contribution is 2.24. The summed E-state index contributed by atoms with van der Waals surface area (Å²) in [5, 5.41) is 9.63. The van der Waals surface area contributed by atoms with E-state index in [1.807, 2.05) is 0 Å². The SMILES string of the molecule is Nc1nc2ccc(C(=O)NCc3ncn[nH]3)cc2s1. The van der Waals surface area contributed by atoms with E-state index in [2.05, 4.69) is 25.5 Å². The number of thiazole rings is 1. The fourth-order valence-corrected chi connectivity index (χ4v) is 2.44. The third-order valence-corrected chi connectivity index (χ3v) is 3.40. The molecule has 2 heterocycles. The van der Waals surface area contributed by atoms with E-state index in [-0.39, 0.29) is 5.91 Å². The highest BCUT2D eigenvalue weighted by Gasteiger charge is 2.09. The summed E-state index contributed by atoms with van der Waals surface area (Å²) in [5.74, 6) is 0.432. The van der Waals surface area contributed by atoms with E-state index < -0.39 is 0 Å². The van der Waals surface area contributed by atoms with E-state index in [9.17, 15) is 4.79 Å². The molecule has 1 amide bonds. The summed E-state index contributed by atoms with van der Waals surface area (Å²) >= 11 is 1.36. The Morgan fingerprint density at radius 2 is 2.37 bits per heavy atom. The number of rotatable bonds is 3. The number of benzene rings is 1. The summed E-state index contributed by atoms with van der Waals surface area (Å²) < 4.78 is 0.893. The van der Waals surface area contributed by atoms with Crippen LogP contribution in [0.3, 0.4) is 0 Å². The predicted octanol–water partition coefficient (Wildman–Crippen LogP) is 0.927. The number of hydrogen-bond acceptors (Lipinski definition) is 6. The standard InChI is InChI=1S/C11H10N6OS/c12-11-16-7-2-1-6(3-8(7)19-11)10(18)13-4-9-14-5-15-17-9/h1-3,5H,4H2,(H2,12,16)(H,13,18)(H,14,15,17). The van der Waals surface area contributed by atoms with Crippen LogP contribution in [0.1, 0.15) is 16.2 Å². The van der Waals surface area contributed by atoms with Gasteiger partial charge in [0.2, 0.25) is 0 Å². The minimum atomic E-state index is -0.176. The van der Waals surface area contributed by atoms with Crippen LogP contribution in [-0.4, -0.2) is 26.1 Å². The summed E-state index contributed by atoms with van der Waals surface area (Å²) in [5.41, 5.74) is 6.99. The molecule has 0 fully saturated rings. The van der Waals surface area contributed by atoms with E-state index in [1.165, 1.54) is 17.7 Å². The number of carbonyl (C=O) groups excluding carboxylic acids is 1. The Morgan fingerprint density at radius 3 is 3.16 bits per heavy atom. The minimum absolute atomic E-state index is 0.176. The highest BCUT2D eigenvalue weighted by atomic mass is 32.1. The van der Waals surface area contributed by atoms with Gasteiger partial charge in [-0.3, -0.25) is 9.89 Å². The first-order chi connectivity index (χ1) is 9.22. The van der Waals surface area contributed by atoms with E-state index in [0.29, 0.717) is 23.1 Å². The van der Waals surface area contributed by atoms with Crippen LogP contribution in [0.5, 0.6) is 0 Å². The van der Waals surface area contributed by atoms with Crippen molar-refractivity contribution in [2.45, 2.75) is 6.54 Å². The molecule has 0 saturated heterocycles. The van der Waals surface area contributed by atoms with Crippen LogP contribution >= 0.6 is 11.3 Å². The van der Waals surface area contributed by atoms with Crippen LogP contribution < -0.4 is 11.1 Å². The number of hydrogen-bond donors (Lipinski definition) is 3. The average Bonchev–Trinajstić information content (AvgIpc) is 3.02. The molecule has 0 atom stereocenters. The molecule has 4 N–H and O–H groups in total. The molecule has 7 nitrogen and oxygen atoms in total. The van der Waals surface area contributed by atoms with E-state index in [4.69, 9.17) is 5.73 Å². The zero-order valence-corrected chi connectivity index (χ0v) is 10.6. The topological polar surface area (TPSA) is 110 Å². The van der Waals surface area contributed by atoms with E-state index in [0.717, 1.165) is 10.2 Å². The van der Waals surface area contributed by atoms with Gasteiger partial charge in [-0.2, -0.15) is 5.10 Å². The van der Waals surface area contributed by atoms with Crippen molar-refractivity contribution in [1.82, 2.24) is 25.5 Å². The molecule has 0 aliphatic carbocycles. The zero-order chi connectivity index (χ0) is 13.2. The van der Waals surface area contributed by atoms with Crippen LogP contribution in [0.2, 0.25) is 0 Å². The Kier molecular flexibility index (Phi) is 2.84. The predicted molar refractivity (Wildman–Crippen MR) is 71.6 cm³/mol. The molecular weight excluding hydrogens is 264 g/mol. The Balaban J connectivity index is 1.77. The van der Waals surface area contributed by atoms with E-state index >= 15 is 0 Å². The van der Waals surface area contributed by atoms with Gasteiger partial charge < -0.3 is 11.1 Å². The number of nitrogens with one attached hydrogen (secondary N) is 2. The summed E-state index contributed by atoms with van der Waals surface area (Å²) in [6, 6.07) is 5.28. The fraction of sp³-hybridized carbons (Fsp3) is 0.0909. The molecular formula is C11H10N6OS. The lowest BCUT2D eigenvalue weighted by Crippen LogP contribution is -2.23. The van der Waals surface area contributed by atoms with Gasteiger partial charge in [-0.15, -0.1) is 0 Å². The van der Waals surface area contributed by atoms with Crippen molar-refractivity contribution in [3.63, 3.8) is 0 Å². The van der Waals surface area contributed by atoms with Crippen molar-refractivity contribution in [2.75, 3.05) is 5.73 Å². The molecule has 8 heteroatoms. The smallest absolute Gasteiger partial charge is 0.251 e. The molecule has 0 saturated carbocycles. The molecule has 1 aromatic carbocycles. The second kappa shape index (κ2) is 4.65. The zero-order valence-electron chi connectivity index (χ0n) is 9.75. The van der Waals surface area contributed by atoms with Crippen molar-refractivity contribution in [3.05, 3.63) is 35.9 Å². The first-order valence-corrected chi connectivity index (χ1v) is 6.32. The lowest BCUT2D eigenvalue weighted by molar-refractivity contribution is 0.0950. The molecule has 0 aliphatic rings. The maximum absolute atomic E-state index is 12.0. The first kappa shape index (κ1) is 11.6. The number of aromatic amines is 1. The number of amides is 1. The molecule has 3 rings (SSSR count). The van der Waals surface area contributed by atoms with Gasteiger partial charge in [-0.25, -0.2) is 9.97 Å². The largest absolute Gasteiger partial charge is 0.375 e. The van der Waals surface area contributed by atoms with Crippen molar-refractivity contribution < 1.29 is 4.79 Å². The number of nitrogen functional groups attached to an aromatic ring is 1. The number of aromatic nitrogens is 4. The molecule has 0 unspecified atom stereocenters. The molecule has 3 aromatic rings. The number of nitrogens with zero attached hydrogens (tertiary/aromatic N) is 3. The Bertz CT molecular complexity index is 720. The van der Waals surface area contributed by atoms with Crippen molar-refractivity contribution in [1.29, 1.82) is 0 Å². The van der Waals surface area contributed by atoms with Gasteiger partial charge >= 0.3 is 0 Å². The van der Waals surface area contributed by atoms with Gasteiger partial charge in [0.25, 0.3) is 5.91 Å². The monoisotopic (exact) mass is 274 g/mol. The van der Waals surface area contributed by atoms with Gasteiger partial charge in [-0.05, 0) is 18.2 Å². The molecule has 96 valence electrons. The second-order valence-corrected chi connectivity index (χ2v) is 4.91. The molecule has 19 heavy (non-hydrogen) atoms. The number of fused-ring (bicyclic) bond motifs is 1. The van der Waals surface area contributed by atoms with Crippen LogP contribution in [-0.2, 0) is 6.54 Å². The lowest BCUT2D eigenvalue weighted by Gasteiger charge is -2.02. The summed E-state index contributed by atoms with van der Waals surface area (Å²) in [6.45, 7) is 0.307. The number of anilines is 1.